The highest BCUT2D eigenvalue weighted by molar-refractivity contribution is 6.30. The number of carbonyl (C=O) groups is 2. The maximum Gasteiger partial charge on any atom is 0.268 e. The van der Waals surface area contributed by atoms with E-state index >= 15 is 0 Å². The molecule has 8 nitrogen and oxygen atoms in total. The lowest BCUT2D eigenvalue weighted by molar-refractivity contribution is -0.149. The lowest BCUT2D eigenvalue weighted by Gasteiger charge is -2.38. The summed E-state index contributed by atoms with van der Waals surface area (Å²) in [5, 5.41) is 13.7. The van der Waals surface area contributed by atoms with Gasteiger partial charge in [0.15, 0.2) is 0 Å². The number of fused-ring (bicyclic) bond motifs is 1. The van der Waals surface area contributed by atoms with Crippen molar-refractivity contribution in [2.45, 2.75) is 56.3 Å². The number of halogens is 4. The summed E-state index contributed by atoms with van der Waals surface area (Å²) in [6.45, 7) is 1.52. The van der Waals surface area contributed by atoms with Crippen molar-refractivity contribution in [1.29, 1.82) is 0 Å². The van der Waals surface area contributed by atoms with E-state index in [1.54, 1.807) is 6.07 Å². The van der Waals surface area contributed by atoms with E-state index in [9.17, 15) is 27.9 Å². The Labute approximate surface area is 251 Å². The zero-order chi connectivity index (χ0) is 30.5. The Morgan fingerprint density at radius 1 is 1.07 bits per heavy atom. The van der Waals surface area contributed by atoms with Gasteiger partial charge in [0, 0.05) is 61.0 Å². The SMILES string of the molecule is N[C@H]1C[C@@H](N2Cc3ccc(N4CC[C@](O)(C(=O)NCc5cc(F)cc(Cl)c5)C4=O)cc3C2)CO[C@@H]1c1cc(F)ccc1F. The molecule has 0 aromatic heterocycles. The number of hydrogen-bond acceptors (Lipinski definition) is 6. The summed E-state index contributed by atoms with van der Waals surface area (Å²) >= 11 is 5.87. The monoisotopic (exact) mass is 614 g/mol. The van der Waals surface area contributed by atoms with E-state index in [0.717, 1.165) is 35.4 Å². The molecule has 0 aliphatic carbocycles. The van der Waals surface area contributed by atoms with Crippen molar-refractivity contribution in [1.82, 2.24) is 10.2 Å². The molecule has 43 heavy (non-hydrogen) atoms. The van der Waals surface area contributed by atoms with Crippen LogP contribution in [0.25, 0.3) is 0 Å². The molecule has 3 aliphatic rings. The fraction of sp³-hybridized carbons (Fsp3) is 0.355. The third kappa shape index (κ3) is 5.75. The average molecular weight is 615 g/mol. The molecule has 226 valence electrons. The summed E-state index contributed by atoms with van der Waals surface area (Å²) in [5.74, 6) is -3.27. The predicted octanol–water partition coefficient (Wildman–Crippen LogP) is 3.71. The summed E-state index contributed by atoms with van der Waals surface area (Å²) in [6, 6.07) is 12.1. The summed E-state index contributed by atoms with van der Waals surface area (Å²) < 4.78 is 47.6. The zero-order valence-corrected chi connectivity index (χ0v) is 23.8. The van der Waals surface area contributed by atoms with Crippen LogP contribution in [0.2, 0.25) is 5.02 Å². The first-order valence-corrected chi connectivity index (χ1v) is 14.4. The number of nitrogens with one attached hydrogen (secondary N) is 1. The first-order chi connectivity index (χ1) is 20.5. The minimum Gasteiger partial charge on any atom is -0.372 e. The van der Waals surface area contributed by atoms with Crippen LogP contribution in [0.1, 0.15) is 41.2 Å². The third-order valence-corrected chi connectivity index (χ3v) is 8.70. The number of aliphatic hydroxyl groups is 1. The Morgan fingerprint density at radius 3 is 2.63 bits per heavy atom. The second kappa shape index (κ2) is 11.5. The van der Waals surface area contributed by atoms with Crippen LogP contribution >= 0.6 is 11.6 Å². The lowest BCUT2D eigenvalue weighted by atomic mass is 9.93. The number of benzene rings is 3. The first kappa shape index (κ1) is 29.6. The van der Waals surface area contributed by atoms with Crippen molar-refractivity contribution in [3.05, 3.63) is 99.3 Å². The summed E-state index contributed by atoms with van der Waals surface area (Å²) in [7, 11) is 0. The minimum atomic E-state index is -2.25. The molecule has 3 aromatic carbocycles. The van der Waals surface area contributed by atoms with E-state index in [4.69, 9.17) is 22.1 Å². The van der Waals surface area contributed by atoms with Gasteiger partial charge in [-0.05, 0) is 71.6 Å². The fourth-order valence-electron chi connectivity index (χ4n) is 6.19. The standard InChI is InChI=1S/C31H30ClF3N4O4/c32-20-7-17(8-22(34)10-20)13-37-29(40)31(42)5-6-39(30(31)41)23-3-1-18-14-38(15-19(18)9-23)24-12-27(36)28(43-16-24)25-11-21(33)2-4-26(25)35/h1-4,7-11,24,27-28,42H,5-6,12-16,36H2,(H,37,40)/t24-,27+,28-,31+/m1/s1. The molecular weight excluding hydrogens is 585 g/mol. The van der Waals surface area contributed by atoms with Crippen LogP contribution in [0.15, 0.2) is 54.6 Å². The van der Waals surface area contributed by atoms with Gasteiger partial charge in [-0.3, -0.25) is 14.5 Å². The maximum atomic E-state index is 14.3. The number of carbonyl (C=O) groups excluding carboxylic acids is 2. The fourth-order valence-corrected chi connectivity index (χ4v) is 6.43. The normalized spacial score (nSPS) is 25.7. The molecule has 12 heteroatoms. The first-order valence-electron chi connectivity index (χ1n) is 14.0. The molecule has 0 bridgehead atoms. The number of nitrogens with two attached hydrogens (primary N) is 1. The number of amides is 2. The summed E-state index contributed by atoms with van der Waals surface area (Å²) in [6.07, 6.45) is -0.321. The highest BCUT2D eigenvalue weighted by atomic mass is 35.5. The van der Waals surface area contributed by atoms with Crippen molar-refractivity contribution in [2.75, 3.05) is 18.1 Å². The van der Waals surface area contributed by atoms with Gasteiger partial charge in [0.2, 0.25) is 5.60 Å². The average Bonchev–Trinajstić information content (AvgIpc) is 3.53. The quantitative estimate of drug-likeness (QED) is 0.366. The molecule has 0 spiro atoms. The van der Waals surface area contributed by atoms with E-state index in [1.165, 1.54) is 17.0 Å². The second-order valence-electron chi connectivity index (χ2n) is 11.4. The van der Waals surface area contributed by atoms with Gasteiger partial charge >= 0.3 is 0 Å². The van der Waals surface area contributed by atoms with Gasteiger partial charge in [-0.15, -0.1) is 0 Å². The van der Waals surface area contributed by atoms with Crippen LogP contribution in [0, 0.1) is 17.5 Å². The number of nitrogens with zero attached hydrogens (tertiary/aromatic N) is 2. The Kier molecular flexibility index (Phi) is 7.95. The van der Waals surface area contributed by atoms with Crippen LogP contribution in [0.3, 0.4) is 0 Å². The van der Waals surface area contributed by atoms with Gasteiger partial charge in [0.05, 0.1) is 6.61 Å². The number of rotatable bonds is 6. The van der Waals surface area contributed by atoms with E-state index in [2.05, 4.69) is 10.2 Å². The predicted molar refractivity (Wildman–Crippen MR) is 152 cm³/mol. The van der Waals surface area contributed by atoms with Gasteiger partial charge in [-0.25, -0.2) is 13.2 Å². The molecule has 2 amide bonds. The van der Waals surface area contributed by atoms with Crippen molar-refractivity contribution in [3.63, 3.8) is 0 Å². The number of anilines is 1. The molecule has 2 fully saturated rings. The highest BCUT2D eigenvalue weighted by Gasteiger charge is 2.51. The molecule has 4 atom stereocenters. The van der Waals surface area contributed by atoms with Crippen molar-refractivity contribution in [3.8, 4) is 0 Å². The molecule has 4 N–H and O–H groups in total. The van der Waals surface area contributed by atoms with Crippen molar-refractivity contribution >= 4 is 29.1 Å². The largest absolute Gasteiger partial charge is 0.372 e. The molecule has 2 saturated heterocycles. The Balaban J connectivity index is 1.09. The molecule has 0 radical (unpaired) electrons. The van der Waals surface area contributed by atoms with E-state index in [-0.39, 0.29) is 36.1 Å². The molecule has 3 heterocycles. The molecular formula is C31H30ClF3N4O4. The van der Waals surface area contributed by atoms with Gasteiger partial charge < -0.3 is 25.8 Å². The third-order valence-electron chi connectivity index (χ3n) is 8.48. The minimum absolute atomic E-state index is 0.0473. The zero-order valence-electron chi connectivity index (χ0n) is 23.0. The van der Waals surface area contributed by atoms with Crippen molar-refractivity contribution < 1.29 is 32.6 Å². The number of hydrogen-bond donors (Lipinski definition) is 3. The lowest BCUT2D eigenvalue weighted by Crippen LogP contribution is -2.52. The van der Waals surface area contributed by atoms with Gasteiger partial charge in [0.1, 0.15) is 23.6 Å². The molecule has 0 saturated carbocycles. The second-order valence-corrected chi connectivity index (χ2v) is 11.8. The smallest absolute Gasteiger partial charge is 0.268 e. The van der Waals surface area contributed by atoms with Gasteiger partial charge in [-0.1, -0.05) is 17.7 Å². The van der Waals surface area contributed by atoms with Crippen LogP contribution in [-0.4, -0.2) is 52.7 Å². The van der Waals surface area contributed by atoms with Gasteiger partial charge in [0.25, 0.3) is 11.8 Å². The topological polar surface area (TPSA) is 108 Å². The van der Waals surface area contributed by atoms with E-state index in [1.807, 2.05) is 12.1 Å². The molecule has 0 unspecified atom stereocenters. The number of ether oxygens (including phenoxy) is 1. The summed E-state index contributed by atoms with van der Waals surface area (Å²) in [4.78, 5) is 29.7. The molecule has 6 rings (SSSR count). The van der Waals surface area contributed by atoms with Crippen LogP contribution in [-0.2, 0) is 34.0 Å². The Morgan fingerprint density at radius 2 is 1.86 bits per heavy atom. The van der Waals surface area contributed by atoms with E-state index < -0.39 is 47.0 Å². The van der Waals surface area contributed by atoms with Crippen molar-refractivity contribution in [2.24, 2.45) is 5.73 Å². The molecule has 3 aliphatic heterocycles. The molecule has 3 aromatic rings. The Bertz CT molecular complexity index is 1570. The van der Waals surface area contributed by atoms with E-state index in [0.29, 0.717) is 37.4 Å². The van der Waals surface area contributed by atoms with Crippen LogP contribution in [0.5, 0.6) is 0 Å². The Hall–Kier alpha value is -3.48. The summed E-state index contributed by atoms with van der Waals surface area (Å²) in [5.41, 5.74) is 7.23. The van der Waals surface area contributed by atoms with Crippen LogP contribution < -0.4 is 16.0 Å². The van der Waals surface area contributed by atoms with Gasteiger partial charge in [-0.2, -0.15) is 0 Å². The van der Waals surface area contributed by atoms with Crippen LogP contribution in [0.4, 0.5) is 18.9 Å². The highest BCUT2D eigenvalue weighted by Crippen LogP contribution is 2.36. The maximum absolute atomic E-state index is 14.3.